The maximum atomic E-state index is 13.4. The van der Waals surface area contributed by atoms with Gasteiger partial charge in [0.1, 0.15) is 35.4 Å². The zero-order chi connectivity index (χ0) is 38.8. The van der Waals surface area contributed by atoms with Gasteiger partial charge in [-0.05, 0) is 67.3 Å². The molecule has 57 heavy (non-hydrogen) atoms. The molecule has 15 heteroatoms. The highest BCUT2D eigenvalue weighted by molar-refractivity contribution is 6.00. The van der Waals surface area contributed by atoms with Crippen LogP contribution in [0.3, 0.4) is 0 Å². The number of anilines is 1. The average molecular weight is 768 g/mol. The van der Waals surface area contributed by atoms with Crippen LogP contribution < -0.4 is 21.5 Å². The van der Waals surface area contributed by atoms with Gasteiger partial charge in [-0.25, -0.2) is 19.4 Å². The van der Waals surface area contributed by atoms with E-state index in [1.807, 2.05) is 66.7 Å². The minimum atomic E-state index is -0.685. The maximum absolute atomic E-state index is 13.4. The van der Waals surface area contributed by atoms with E-state index in [0.717, 1.165) is 109 Å². The number of nitrogens with zero attached hydrogens (tertiary/aromatic N) is 9. The summed E-state index contributed by atoms with van der Waals surface area (Å²) in [5, 5.41) is 8.30. The van der Waals surface area contributed by atoms with E-state index >= 15 is 0 Å². The van der Waals surface area contributed by atoms with Crippen molar-refractivity contribution < 1.29 is 14.3 Å². The number of hydrogen-bond donors (Lipinski definition) is 2. The summed E-state index contributed by atoms with van der Waals surface area (Å²) in [6.45, 7) is 6.85. The second-order valence-electron chi connectivity index (χ2n) is 15.9. The standard InChI is InChI=1S/C42H45N11O4/c1-48-38-27(6-5-9-33(38)52(42(48)56)34-14-15-35(54)46-41(34)55)20-49-21-29(22-49)51-23-30(24-51)50-18-16-28(17-19-50)53-40-36(39(43)44-25-45-40)37(47-53)26-10-12-32(13-11-26)57-31-7-3-2-4-8-31/h2-13,25,28-30,34H,14-24H2,1H3,(H2,43,44,45)(H,46,54,55). The number of para-hydroxylation sites is 2. The van der Waals surface area contributed by atoms with Crippen molar-refractivity contribution in [3.63, 3.8) is 0 Å². The van der Waals surface area contributed by atoms with Crippen LogP contribution in [-0.4, -0.2) is 107 Å². The molecule has 2 amide bonds. The molecule has 4 saturated heterocycles. The van der Waals surface area contributed by atoms with Crippen molar-refractivity contribution in [2.24, 2.45) is 7.05 Å². The van der Waals surface area contributed by atoms with Crippen molar-refractivity contribution in [3.05, 3.63) is 95.2 Å². The van der Waals surface area contributed by atoms with E-state index in [9.17, 15) is 14.4 Å². The van der Waals surface area contributed by atoms with Gasteiger partial charge >= 0.3 is 5.69 Å². The van der Waals surface area contributed by atoms with Crippen molar-refractivity contribution in [3.8, 4) is 22.8 Å². The third kappa shape index (κ3) is 6.35. The van der Waals surface area contributed by atoms with Gasteiger partial charge in [0.05, 0.1) is 22.5 Å². The van der Waals surface area contributed by atoms with E-state index in [1.165, 1.54) is 6.33 Å². The van der Waals surface area contributed by atoms with E-state index in [0.29, 0.717) is 24.3 Å². The van der Waals surface area contributed by atoms with E-state index in [1.54, 1.807) is 16.2 Å². The molecule has 0 spiro atoms. The van der Waals surface area contributed by atoms with Crippen LogP contribution in [-0.2, 0) is 23.2 Å². The first-order valence-electron chi connectivity index (χ1n) is 19.8. The van der Waals surface area contributed by atoms with Gasteiger partial charge in [-0.15, -0.1) is 0 Å². The third-order valence-electron chi connectivity index (χ3n) is 12.4. The molecule has 4 aliphatic rings. The Hall–Kier alpha value is -5.90. The van der Waals surface area contributed by atoms with E-state index in [2.05, 4.69) is 40.7 Å². The van der Waals surface area contributed by atoms with Crippen molar-refractivity contribution in [1.82, 2.24) is 48.9 Å². The Bertz CT molecular complexity index is 2540. The largest absolute Gasteiger partial charge is 0.457 e. The number of amides is 2. The monoisotopic (exact) mass is 767 g/mol. The van der Waals surface area contributed by atoms with Gasteiger partial charge in [0.2, 0.25) is 11.8 Å². The lowest BCUT2D eigenvalue weighted by atomic mass is 9.95. The van der Waals surface area contributed by atoms with Crippen LogP contribution in [0, 0.1) is 0 Å². The van der Waals surface area contributed by atoms with Crippen LogP contribution in [0.25, 0.3) is 33.3 Å². The molecule has 4 fully saturated rings. The molecular formula is C42H45N11O4. The molecular weight excluding hydrogens is 723 g/mol. The van der Waals surface area contributed by atoms with E-state index in [4.69, 9.17) is 15.6 Å². The van der Waals surface area contributed by atoms with Crippen LogP contribution in [0.4, 0.5) is 5.82 Å². The number of fused-ring (bicyclic) bond motifs is 2. The van der Waals surface area contributed by atoms with Crippen molar-refractivity contribution in [1.29, 1.82) is 0 Å². The maximum Gasteiger partial charge on any atom is 0.329 e. The van der Waals surface area contributed by atoms with Gasteiger partial charge in [-0.1, -0.05) is 30.3 Å². The number of carbonyl (C=O) groups is 2. The highest BCUT2D eigenvalue weighted by atomic mass is 16.5. The summed E-state index contributed by atoms with van der Waals surface area (Å²) in [7, 11) is 1.76. The van der Waals surface area contributed by atoms with Crippen LogP contribution in [0.1, 0.15) is 43.3 Å². The Kier molecular flexibility index (Phi) is 8.87. The molecule has 15 nitrogen and oxygen atoms in total. The number of ether oxygens (including phenoxy) is 1. The molecule has 3 aromatic heterocycles. The molecule has 7 heterocycles. The molecule has 6 aromatic rings. The number of nitrogen functional groups attached to an aromatic ring is 1. The summed E-state index contributed by atoms with van der Waals surface area (Å²) < 4.78 is 11.3. The lowest BCUT2D eigenvalue weighted by Crippen LogP contribution is -2.69. The number of imidazole rings is 1. The van der Waals surface area contributed by atoms with Crippen LogP contribution in [0.5, 0.6) is 11.5 Å². The Morgan fingerprint density at radius 3 is 2.30 bits per heavy atom. The first-order chi connectivity index (χ1) is 27.8. The lowest BCUT2D eigenvalue weighted by molar-refractivity contribution is -0.135. The average Bonchev–Trinajstić information content (AvgIpc) is 3.70. The number of aryl methyl sites for hydroxylation is 1. The number of imide groups is 1. The van der Waals surface area contributed by atoms with Crippen LogP contribution in [0.15, 0.2) is 83.9 Å². The molecule has 1 unspecified atom stereocenters. The number of carbonyl (C=O) groups excluding carboxylic acids is 2. The lowest BCUT2D eigenvalue weighted by Gasteiger charge is -2.55. The summed E-state index contributed by atoms with van der Waals surface area (Å²) in [6.07, 6.45) is 4.04. The van der Waals surface area contributed by atoms with Crippen molar-refractivity contribution in [2.45, 2.75) is 56.4 Å². The van der Waals surface area contributed by atoms with Crippen molar-refractivity contribution in [2.75, 3.05) is 45.0 Å². The zero-order valence-electron chi connectivity index (χ0n) is 31.8. The van der Waals surface area contributed by atoms with Gasteiger partial charge in [0.15, 0.2) is 5.65 Å². The fourth-order valence-corrected chi connectivity index (χ4v) is 9.29. The van der Waals surface area contributed by atoms with Gasteiger partial charge in [-0.2, -0.15) is 5.10 Å². The first kappa shape index (κ1) is 35.5. The number of nitrogens with one attached hydrogen (secondary N) is 1. The molecule has 0 saturated carbocycles. The fourth-order valence-electron chi connectivity index (χ4n) is 9.29. The number of aromatic nitrogens is 6. The predicted molar refractivity (Wildman–Crippen MR) is 215 cm³/mol. The molecule has 1 atom stereocenters. The highest BCUT2D eigenvalue weighted by Crippen LogP contribution is 2.36. The number of nitrogens with two attached hydrogens (primary N) is 1. The van der Waals surface area contributed by atoms with Gasteiger partial charge in [0.25, 0.3) is 0 Å². The quantitative estimate of drug-likeness (QED) is 0.207. The molecule has 3 aromatic carbocycles. The minimum Gasteiger partial charge on any atom is -0.457 e. The normalized spacial score (nSPS) is 20.5. The predicted octanol–water partition coefficient (Wildman–Crippen LogP) is 3.70. The molecule has 10 rings (SSSR count). The first-order valence-corrected chi connectivity index (χ1v) is 19.8. The highest BCUT2D eigenvalue weighted by Gasteiger charge is 2.42. The molecule has 0 radical (unpaired) electrons. The van der Waals surface area contributed by atoms with E-state index < -0.39 is 11.9 Å². The summed E-state index contributed by atoms with van der Waals surface area (Å²) in [5.41, 5.74) is 11.4. The Balaban J connectivity index is 0.746. The van der Waals surface area contributed by atoms with E-state index in [-0.39, 0.29) is 24.1 Å². The number of benzene rings is 3. The summed E-state index contributed by atoms with van der Waals surface area (Å²) in [6, 6.07) is 24.2. The SMILES string of the molecule is Cn1c(=O)n(C2CCC(=O)NC2=O)c2cccc(CN3CC(N4CC(N5CCC(n6nc(-c7ccc(Oc8ccccc8)cc7)c7c(N)ncnc76)CC5)C4)C3)c21. The molecule has 292 valence electrons. The Labute approximate surface area is 328 Å². The zero-order valence-corrected chi connectivity index (χ0v) is 31.8. The number of piperidine rings is 2. The molecule has 4 aliphatic heterocycles. The number of hydrogen-bond acceptors (Lipinski definition) is 11. The summed E-state index contributed by atoms with van der Waals surface area (Å²) in [4.78, 5) is 54.4. The molecule has 3 N–H and O–H groups in total. The summed E-state index contributed by atoms with van der Waals surface area (Å²) >= 11 is 0. The summed E-state index contributed by atoms with van der Waals surface area (Å²) in [5.74, 6) is 1.26. The topological polar surface area (TPSA) is 162 Å². The Morgan fingerprint density at radius 1 is 0.807 bits per heavy atom. The molecule has 0 bridgehead atoms. The van der Waals surface area contributed by atoms with Crippen molar-refractivity contribution >= 4 is 39.7 Å². The third-order valence-corrected chi connectivity index (χ3v) is 12.4. The van der Waals surface area contributed by atoms with Gasteiger partial charge in [-0.3, -0.25) is 38.7 Å². The van der Waals surface area contributed by atoms with Crippen LogP contribution >= 0.6 is 0 Å². The van der Waals surface area contributed by atoms with Gasteiger partial charge < -0.3 is 10.5 Å². The minimum absolute atomic E-state index is 0.216. The second kappa shape index (κ2) is 14.2. The van der Waals surface area contributed by atoms with Crippen LogP contribution in [0.2, 0.25) is 0 Å². The smallest absolute Gasteiger partial charge is 0.329 e. The second-order valence-corrected chi connectivity index (χ2v) is 15.9. The fraction of sp³-hybridized carbons (Fsp3) is 0.381. The number of likely N-dealkylation sites (tertiary alicyclic amines) is 3. The molecule has 0 aliphatic carbocycles. The number of rotatable bonds is 9. The van der Waals surface area contributed by atoms with Gasteiger partial charge in [0, 0.05) is 76.9 Å². The Morgan fingerprint density at radius 2 is 1.54 bits per heavy atom.